The fourth-order valence-electron chi connectivity index (χ4n) is 1.99. The maximum atomic E-state index is 13.4. The van der Waals surface area contributed by atoms with E-state index in [1.165, 1.54) is 17.7 Å². The normalized spacial score (nSPS) is 12.4. The smallest absolute Gasteiger partial charge is 0.124 e. The molecule has 2 aromatic carbocycles. The Labute approximate surface area is 131 Å². The number of benzene rings is 2. The third kappa shape index (κ3) is 4.05. The summed E-state index contributed by atoms with van der Waals surface area (Å²) in [4.78, 5) is 0. The summed E-state index contributed by atoms with van der Waals surface area (Å²) in [5.41, 5.74) is 2.88. The maximum absolute atomic E-state index is 13.4. The molecule has 0 spiro atoms. The van der Waals surface area contributed by atoms with Gasteiger partial charge in [-0.2, -0.15) is 0 Å². The van der Waals surface area contributed by atoms with E-state index in [1.54, 1.807) is 7.11 Å². The molecule has 0 aliphatic carbocycles. The van der Waals surface area contributed by atoms with Crippen molar-refractivity contribution in [2.45, 2.75) is 11.8 Å². The molecule has 0 saturated carbocycles. The first-order valence-corrected chi connectivity index (χ1v) is 7.51. The topological polar surface area (TPSA) is 9.23 Å². The Hall–Kier alpha value is -0.900. The number of ether oxygens (including phenoxy) is 1. The largest absolute Gasteiger partial charge is 0.384 e. The summed E-state index contributed by atoms with van der Waals surface area (Å²) < 4.78 is 19.1. The van der Waals surface area contributed by atoms with E-state index >= 15 is 0 Å². The van der Waals surface area contributed by atoms with E-state index in [-0.39, 0.29) is 11.2 Å². The van der Waals surface area contributed by atoms with E-state index in [4.69, 9.17) is 16.3 Å². The third-order valence-electron chi connectivity index (χ3n) is 3.04. The minimum Gasteiger partial charge on any atom is -0.384 e. The van der Waals surface area contributed by atoms with Crippen LogP contribution in [-0.2, 0) is 11.2 Å². The lowest BCUT2D eigenvalue weighted by Gasteiger charge is -2.12. The highest BCUT2D eigenvalue weighted by molar-refractivity contribution is 9.10. The quantitative estimate of drug-likeness (QED) is 0.676. The standard InChI is InChI=1S/C16H15BrClFO/c1-20-7-6-11-2-4-12(5-3-11)16(18)13-8-14(17)10-15(19)9-13/h2-5,8-10,16H,6-7H2,1H3. The van der Waals surface area contributed by atoms with Crippen LogP contribution in [0.2, 0.25) is 0 Å². The number of methoxy groups -OCH3 is 1. The number of alkyl halides is 1. The Balaban J connectivity index is 2.17. The van der Waals surface area contributed by atoms with Gasteiger partial charge in [0.1, 0.15) is 5.82 Å². The van der Waals surface area contributed by atoms with Crippen LogP contribution in [0.1, 0.15) is 22.1 Å². The van der Waals surface area contributed by atoms with Crippen LogP contribution >= 0.6 is 27.5 Å². The summed E-state index contributed by atoms with van der Waals surface area (Å²) in [5.74, 6) is -0.295. The van der Waals surface area contributed by atoms with Gasteiger partial charge in [0.2, 0.25) is 0 Å². The summed E-state index contributed by atoms with van der Waals surface area (Å²) in [6.07, 6.45) is 0.870. The second-order valence-corrected chi connectivity index (χ2v) is 5.90. The van der Waals surface area contributed by atoms with Crippen molar-refractivity contribution in [3.8, 4) is 0 Å². The van der Waals surface area contributed by atoms with Gasteiger partial charge in [-0.05, 0) is 41.3 Å². The minimum absolute atomic E-state index is 0.295. The van der Waals surface area contributed by atoms with Crippen molar-refractivity contribution in [1.82, 2.24) is 0 Å². The monoisotopic (exact) mass is 356 g/mol. The maximum Gasteiger partial charge on any atom is 0.124 e. The Morgan fingerprint density at radius 3 is 2.45 bits per heavy atom. The number of rotatable bonds is 5. The van der Waals surface area contributed by atoms with E-state index in [0.29, 0.717) is 11.1 Å². The van der Waals surface area contributed by atoms with Crippen LogP contribution < -0.4 is 0 Å². The van der Waals surface area contributed by atoms with Crippen LogP contribution in [0.3, 0.4) is 0 Å². The van der Waals surface area contributed by atoms with Gasteiger partial charge in [-0.15, -0.1) is 11.6 Å². The van der Waals surface area contributed by atoms with Gasteiger partial charge in [0.05, 0.1) is 12.0 Å². The molecule has 2 aromatic rings. The highest BCUT2D eigenvalue weighted by Crippen LogP contribution is 2.31. The number of hydrogen-bond donors (Lipinski definition) is 0. The van der Waals surface area contributed by atoms with Crippen molar-refractivity contribution in [1.29, 1.82) is 0 Å². The van der Waals surface area contributed by atoms with Crippen molar-refractivity contribution in [2.24, 2.45) is 0 Å². The van der Waals surface area contributed by atoms with Crippen LogP contribution in [0.4, 0.5) is 4.39 Å². The van der Waals surface area contributed by atoms with Crippen molar-refractivity contribution in [3.05, 3.63) is 69.4 Å². The molecule has 0 aromatic heterocycles. The van der Waals surface area contributed by atoms with Crippen LogP contribution in [0.5, 0.6) is 0 Å². The predicted molar refractivity (Wildman–Crippen MR) is 83.8 cm³/mol. The first-order chi connectivity index (χ1) is 9.60. The second-order valence-electron chi connectivity index (χ2n) is 4.55. The average molecular weight is 358 g/mol. The highest BCUT2D eigenvalue weighted by Gasteiger charge is 2.12. The molecule has 0 fully saturated rings. The summed E-state index contributed by atoms with van der Waals surface area (Å²) in [6.45, 7) is 0.695. The molecule has 0 radical (unpaired) electrons. The minimum atomic E-state index is -0.363. The molecule has 0 aliphatic rings. The molecule has 0 bridgehead atoms. The van der Waals surface area contributed by atoms with E-state index in [1.807, 2.05) is 30.3 Å². The third-order valence-corrected chi connectivity index (χ3v) is 4.01. The van der Waals surface area contributed by atoms with Crippen molar-refractivity contribution < 1.29 is 9.13 Å². The first-order valence-electron chi connectivity index (χ1n) is 6.28. The number of halogens is 3. The zero-order valence-corrected chi connectivity index (χ0v) is 13.4. The van der Waals surface area contributed by atoms with Crippen LogP contribution in [0.25, 0.3) is 0 Å². The van der Waals surface area contributed by atoms with Crippen LogP contribution in [-0.4, -0.2) is 13.7 Å². The van der Waals surface area contributed by atoms with Gasteiger partial charge >= 0.3 is 0 Å². The SMILES string of the molecule is COCCc1ccc(C(Cl)c2cc(F)cc(Br)c2)cc1. The molecule has 106 valence electrons. The number of hydrogen-bond acceptors (Lipinski definition) is 1. The van der Waals surface area contributed by atoms with Crippen LogP contribution in [0, 0.1) is 5.82 Å². The van der Waals surface area contributed by atoms with Gasteiger partial charge in [-0.1, -0.05) is 40.2 Å². The molecule has 0 N–H and O–H groups in total. The fraction of sp³-hybridized carbons (Fsp3) is 0.250. The van der Waals surface area contributed by atoms with Crippen molar-refractivity contribution >= 4 is 27.5 Å². The molecular weight excluding hydrogens is 343 g/mol. The zero-order valence-electron chi connectivity index (χ0n) is 11.1. The first kappa shape index (κ1) is 15.5. The lowest BCUT2D eigenvalue weighted by Crippen LogP contribution is -1.97. The molecule has 0 amide bonds. The highest BCUT2D eigenvalue weighted by atomic mass is 79.9. The molecular formula is C16H15BrClFO. The van der Waals surface area contributed by atoms with Gasteiger partial charge in [-0.3, -0.25) is 0 Å². The van der Waals surface area contributed by atoms with Gasteiger partial charge in [0, 0.05) is 11.6 Å². The molecule has 4 heteroatoms. The van der Waals surface area contributed by atoms with E-state index < -0.39 is 0 Å². The molecule has 2 rings (SSSR count). The molecule has 1 atom stereocenters. The van der Waals surface area contributed by atoms with Crippen LogP contribution in [0.15, 0.2) is 46.9 Å². The van der Waals surface area contributed by atoms with Gasteiger partial charge in [0.25, 0.3) is 0 Å². The lowest BCUT2D eigenvalue weighted by molar-refractivity contribution is 0.202. The summed E-state index contributed by atoms with van der Waals surface area (Å²) >= 11 is 9.70. The molecule has 1 unspecified atom stereocenters. The Morgan fingerprint density at radius 2 is 1.85 bits per heavy atom. The Bertz CT molecular complexity index is 551. The van der Waals surface area contributed by atoms with E-state index in [9.17, 15) is 4.39 Å². The Kier molecular flexibility index (Phi) is 5.58. The van der Waals surface area contributed by atoms with E-state index in [0.717, 1.165) is 17.5 Å². The van der Waals surface area contributed by atoms with Crippen molar-refractivity contribution in [3.63, 3.8) is 0 Å². The van der Waals surface area contributed by atoms with Gasteiger partial charge < -0.3 is 4.74 Å². The molecule has 0 saturated heterocycles. The Morgan fingerprint density at radius 1 is 1.15 bits per heavy atom. The fourth-order valence-corrected chi connectivity index (χ4v) is 2.74. The van der Waals surface area contributed by atoms with Crippen molar-refractivity contribution in [2.75, 3.05) is 13.7 Å². The predicted octanol–water partition coefficient (Wildman–Crippen LogP) is 5.11. The van der Waals surface area contributed by atoms with Gasteiger partial charge in [-0.25, -0.2) is 4.39 Å². The molecule has 0 heterocycles. The average Bonchev–Trinajstić information content (AvgIpc) is 2.44. The molecule has 20 heavy (non-hydrogen) atoms. The summed E-state index contributed by atoms with van der Waals surface area (Å²) in [6, 6.07) is 12.7. The summed E-state index contributed by atoms with van der Waals surface area (Å²) in [7, 11) is 1.69. The summed E-state index contributed by atoms with van der Waals surface area (Å²) in [5, 5.41) is -0.363. The van der Waals surface area contributed by atoms with Gasteiger partial charge in [0.15, 0.2) is 0 Å². The van der Waals surface area contributed by atoms with E-state index in [2.05, 4.69) is 15.9 Å². The molecule has 0 aliphatic heterocycles. The molecule has 1 nitrogen and oxygen atoms in total. The second kappa shape index (κ2) is 7.21. The lowest BCUT2D eigenvalue weighted by atomic mass is 10.0. The zero-order chi connectivity index (χ0) is 14.5.